The Morgan fingerprint density at radius 3 is 2.29 bits per heavy atom. The number of aromatic nitrogens is 2. The van der Waals surface area contributed by atoms with Crippen LogP contribution in [0.2, 0.25) is 0 Å². The van der Waals surface area contributed by atoms with Gasteiger partial charge in [-0.2, -0.15) is 0 Å². The molecule has 1 aromatic rings. The summed E-state index contributed by atoms with van der Waals surface area (Å²) in [5.74, 6) is 1.26. The molecule has 2 fully saturated rings. The van der Waals surface area contributed by atoms with Gasteiger partial charge in [-0.25, -0.2) is 9.97 Å². The van der Waals surface area contributed by atoms with Gasteiger partial charge in [0.15, 0.2) is 0 Å². The molecule has 28 heavy (non-hydrogen) atoms. The predicted molar refractivity (Wildman–Crippen MR) is 106 cm³/mol. The molecule has 0 aliphatic carbocycles. The SMILES string of the molecule is COCCC(=O)N1CCCC(c2nc(C)c(CC(=O)N3CCCC3)c(C)n2)C1. The van der Waals surface area contributed by atoms with E-state index < -0.39 is 0 Å². The largest absolute Gasteiger partial charge is 0.384 e. The molecule has 2 saturated heterocycles. The molecule has 1 atom stereocenters. The summed E-state index contributed by atoms with van der Waals surface area (Å²) in [6, 6.07) is 0. The van der Waals surface area contributed by atoms with Crippen molar-refractivity contribution in [3.05, 3.63) is 22.8 Å². The number of hydrogen-bond donors (Lipinski definition) is 0. The molecular weight excluding hydrogens is 356 g/mol. The molecule has 2 amide bonds. The van der Waals surface area contributed by atoms with E-state index in [-0.39, 0.29) is 17.7 Å². The number of aryl methyl sites for hydroxylation is 2. The van der Waals surface area contributed by atoms with E-state index >= 15 is 0 Å². The number of hydrogen-bond acceptors (Lipinski definition) is 5. The van der Waals surface area contributed by atoms with E-state index in [4.69, 9.17) is 14.7 Å². The fourth-order valence-electron chi connectivity index (χ4n) is 4.20. The van der Waals surface area contributed by atoms with E-state index in [9.17, 15) is 9.59 Å². The van der Waals surface area contributed by atoms with Crippen LogP contribution < -0.4 is 0 Å². The van der Waals surface area contributed by atoms with E-state index in [0.29, 0.717) is 26.0 Å². The van der Waals surface area contributed by atoms with Crippen molar-refractivity contribution in [1.29, 1.82) is 0 Å². The topological polar surface area (TPSA) is 75.6 Å². The normalized spacial score (nSPS) is 19.9. The molecule has 154 valence electrons. The minimum Gasteiger partial charge on any atom is -0.384 e. The third kappa shape index (κ3) is 4.87. The van der Waals surface area contributed by atoms with Crippen LogP contribution in [0.3, 0.4) is 0 Å². The molecule has 7 heteroatoms. The summed E-state index contributed by atoms with van der Waals surface area (Å²) in [7, 11) is 1.61. The Kier molecular flexibility index (Phi) is 6.99. The highest BCUT2D eigenvalue weighted by Gasteiger charge is 2.28. The van der Waals surface area contributed by atoms with E-state index in [1.165, 1.54) is 0 Å². The van der Waals surface area contributed by atoms with Gasteiger partial charge < -0.3 is 14.5 Å². The first kappa shape index (κ1) is 20.7. The zero-order chi connectivity index (χ0) is 20.1. The summed E-state index contributed by atoms with van der Waals surface area (Å²) >= 11 is 0. The molecule has 0 spiro atoms. The first-order valence-corrected chi connectivity index (χ1v) is 10.4. The predicted octanol–water partition coefficient (Wildman–Crippen LogP) is 2.00. The fourth-order valence-corrected chi connectivity index (χ4v) is 4.20. The van der Waals surface area contributed by atoms with Crippen molar-refractivity contribution in [3.63, 3.8) is 0 Å². The van der Waals surface area contributed by atoms with Crippen LogP contribution in [0.25, 0.3) is 0 Å². The Balaban J connectivity index is 1.69. The second-order valence-corrected chi connectivity index (χ2v) is 7.92. The number of likely N-dealkylation sites (tertiary alicyclic amines) is 2. The molecule has 7 nitrogen and oxygen atoms in total. The molecular formula is C21H32N4O3. The minimum absolute atomic E-state index is 0.132. The summed E-state index contributed by atoms with van der Waals surface area (Å²) in [5, 5.41) is 0. The van der Waals surface area contributed by atoms with E-state index in [1.807, 2.05) is 23.6 Å². The van der Waals surface area contributed by atoms with Gasteiger partial charge in [0.05, 0.1) is 19.4 Å². The molecule has 1 unspecified atom stereocenters. The van der Waals surface area contributed by atoms with Gasteiger partial charge in [-0.1, -0.05) is 0 Å². The smallest absolute Gasteiger partial charge is 0.227 e. The first-order valence-electron chi connectivity index (χ1n) is 10.4. The molecule has 0 radical (unpaired) electrons. The number of ether oxygens (including phenoxy) is 1. The van der Waals surface area contributed by atoms with Crippen molar-refractivity contribution in [2.24, 2.45) is 0 Å². The zero-order valence-corrected chi connectivity index (χ0v) is 17.4. The Morgan fingerprint density at radius 2 is 1.64 bits per heavy atom. The lowest BCUT2D eigenvalue weighted by molar-refractivity contribution is -0.133. The standard InChI is InChI=1S/C21H32N4O3/c1-15-18(13-20(27)24-9-4-5-10-24)16(2)23-21(22-15)17-7-6-11-25(14-17)19(26)8-12-28-3/h17H,4-14H2,1-3H3. The molecule has 0 bridgehead atoms. The Labute approximate surface area is 167 Å². The number of amides is 2. The lowest BCUT2D eigenvalue weighted by Gasteiger charge is -2.32. The van der Waals surface area contributed by atoms with Crippen LogP contribution >= 0.6 is 0 Å². The third-order valence-electron chi connectivity index (χ3n) is 5.88. The number of carbonyl (C=O) groups excluding carboxylic acids is 2. The molecule has 0 N–H and O–H groups in total. The first-order chi connectivity index (χ1) is 13.5. The molecule has 2 aliphatic rings. The van der Waals surface area contributed by atoms with E-state index in [1.54, 1.807) is 7.11 Å². The number of piperidine rings is 1. The summed E-state index contributed by atoms with van der Waals surface area (Å²) in [5.41, 5.74) is 2.72. The average Bonchev–Trinajstić information content (AvgIpc) is 3.23. The maximum Gasteiger partial charge on any atom is 0.227 e. The van der Waals surface area contributed by atoms with Gasteiger partial charge in [0.1, 0.15) is 5.82 Å². The second kappa shape index (κ2) is 9.45. The molecule has 0 saturated carbocycles. The molecule has 3 heterocycles. The van der Waals surface area contributed by atoms with Crippen LogP contribution in [0.15, 0.2) is 0 Å². The Morgan fingerprint density at radius 1 is 1.00 bits per heavy atom. The van der Waals surface area contributed by atoms with Crippen molar-refractivity contribution < 1.29 is 14.3 Å². The van der Waals surface area contributed by atoms with Crippen molar-refractivity contribution in [1.82, 2.24) is 19.8 Å². The third-order valence-corrected chi connectivity index (χ3v) is 5.88. The summed E-state index contributed by atoms with van der Waals surface area (Å²) in [6.07, 6.45) is 4.93. The van der Waals surface area contributed by atoms with Gasteiger partial charge in [0.2, 0.25) is 11.8 Å². The molecule has 3 rings (SSSR count). The highest BCUT2D eigenvalue weighted by molar-refractivity contribution is 5.79. The lowest BCUT2D eigenvalue weighted by atomic mass is 9.96. The van der Waals surface area contributed by atoms with Gasteiger partial charge in [-0.05, 0) is 39.5 Å². The van der Waals surface area contributed by atoms with Crippen molar-refractivity contribution in [2.75, 3.05) is 39.9 Å². The quantitative estimate of drug-likeness (QED) is 0.745. The van der Waals surface area contributed by atoms with Gasteiger partial charge in [-0.15, -0.1) is 0 Å². The molecule has 0 aromatic carbocycles. The lowest BCUT2D eigenvalue weighted by Crippen LogP contribution is -2.40. The Bertz CT molecular complexity index is 693. The van der Waals surface area contributed by atoms with Crippen LogP contribution in [0.1, 0.15) is 60.8 Å². The maximum absolute atomic E-state index is 12.5. The highest BCUT2D eigenvalue weighted by Crippen LogP contribution is 2.26. The monoisotopic (exact) mass is 388 g/mol. The number of methoxy groups -OCH3 is 1. The van der Waals surface area contributed by atoms with Gasteiger partial charge in [0.25, 0.3) is 0 Å². The maximum atomic E-state index is 12.5. The number of carbonyl (C=O) groups is 2. The number of nitrogens with zero attached hydrogens (tertiary/aromatic N) is 4. The zero-order valence-electron chi connectivity index (χ0n) is 17.4. The fraction of sp³-hybridized carbons (Fsp3) is 0.714. The van der Waals surface area contributed by atoms with Crippen molar-refractivity contribution in [3.8, 4) is 0 Å². The molecule has 1 aromatic heterocycles. The second-order valence-electron chi connectivity index (χ2n) is 7.92. The average molecular weight is 389 g/mol. The van der Waals surface area contributed by atoms with Crippen molar-refractivity contribution >= 4 is 11.8 Å². The Hall–Kier alpha value is -2.02. The highest BCUT2D eigenvalue weighted by atomic mass is 16.5. The number of rotatable bonds is 6. The van der Waals surface area contributed by atoms with Crippen LogP contribution in [0.5, 0.6) is 0 Å². The summed E-state index contributed by atoms with van der Waals surface area (Å²) < 4.78 is 5.02. The van der Waals surface area contributed by atoms with E-state index in [0.717, 1.165) is 68.1 Å². The van der Waals surface area contributed by atoms with Gasteiger partial charge in [0, 0.05) is 56.2 Å². The molecule has 2 aliphatic heterocycles. The van der Waals surface area contributed by atoms with Gasteiger partial charge >= 0.3 is 0 Å². The van der Waals surface area contributed by atoms with Crippen molar-refractivity contribution in [2.45, 2.75) is 58.3 Å². The van der Waals surface area contributed by atoms with Crippen LogP contribution in [0, 0.1) is 13.8 Å². The minimum atomic E-state index is 0.132. The van der Waals surface area contributed by atoms with Crippen LogP contribution in [0.4, 0.5) is 0 Å². The van der Waals surface area contributed by atoms with Crippen LogP contribution in [-0.2, 0) is 20.7 Å². The van der Waals surface area contributed by atoms with E-state index in [2.05, 4.69) is 0 Å². The van der Waals surface area contributed by atoms with Crippen LogP contribution in [-0.4, -0.2) is 71.5 Å². The summed E-state index contributed by atoms with van der Waals surface area (Å²) in [6.45, 7) is 7.57. The van der Waals surface area contributed by atoms with Gasteiger partial charge in [-0.3, -0.25) is 9.59 Å². The summed E-state index contributed by atoms with van der Waals surface area (Å²) in [4.78, 5) is 38.2.